The summed E-state index contributed by atoms with van der Waals surface area (Å²) in [6, 6.07) is 4.71. The van der Waals surface area contributed by atoms with E-state index in [0.29, 0.717) is 12.6 Å². The van der Waals surface area contributed by atoms with Crippen LogP contribution in [-0.2, 0) is 11.3 Å². The lowest BCUT2D eigenvalue weighted by Crippen LogP contribution is -2.37. The molecule has 2 N–H and O–H groups in total. The molecule has 0 bridgehead atoms. The standard InChI is InChI=1S/C16H27N3O/c1-13(17-2)15-10-7-11-19(15)12-16(20)18-14-8-5-3-4-6-9-14/h7,10-11,13-14,17H,3-6,8-9,12H2,1-2H3,(H,18,20). The Morgan fingerprint density at radius 2 is 2.05 bits per heavy atom. The molecule has 0 aromatic carbocycles. The monoisotopic (exact) mass is 277 g/mol. The number of carbonyl (C=O) groups is 1. The first-order chi connectivity index (χ1) is 9.70. The van der Waals surface area contributed by atoms with E-state index in [1.165, 1.54) is 25.7 Å². The fourth-order valence-corrected chi connectivity index (χ4v) is 2.96. The summed E-state index contributed by atoms with van der Waals surface area (Å²) in [6.45, 7) is 2.53. The first kappa shape index (κ1) is 15.1. The quantitative estimate of drug-likeness (QED) is 0.813. The highest BCUT2D eigenvalue weighted by Gasteiger charge is 2.16. The SMILES string of the molecule is CNC(C)c1cccn1CC(=O)NC1CCCCCC1. The van der Waals surface area contributed by atoms with Crippen molar-refractivity contribution < 1.29 is 4.79 Å². The van der Waals surface area contributed by atoms with Crippen LogP contribution in [0.25, 0.3) is 0 Å². The Morgan fingerprint density at radius 3 is 2.70 bits per heavy atom. The van der Waals surface area contributed by atoms with E-state index < -0.39 is 0 Å². The Labute approximate surface area is 121 Å². The van der Waals surface area contributed by atoms with Crippen LogP contribution in [0.3, 0.4) is 0 Å². The van der Waals surface area contributed by atoms with Crippen molar-refractivity contribution in [2.45, 2.75) is 64.1 Å². The van der Waals surface area contributed by atoms with Crippen molar-refractivity contribution in [2.75, 3.05) is 7.05 Å². The summed E-state index contributed by atoms with van der Waals surface area (Å²) in [6.07, 6.45) is 9.37. The van der Waals surface area contributed by atoms with Crippen LogP contribution in [0, 0.1) is 0 Å². The molecule has 1 fully saturated rings. The predicted octanol–water partition coefficient (Wildman–Crippen LogP) is 2.61. The Balaban J connectivity index is 1.89. The smallest absolute Gasteiger partial charge is 0.240 e. The number of hydrogen-bond donors (Lipinski definition) is 2. The van der Waals surface area contributed by atoms with Crippen molar-refractivity contribution in [3.8, 4) is 0 Å². The highest BCUT2D eigenvalue weighted by Crippen LogP contribution is 2.17. The van der Waals surface area contributed by atoms with Gasteiger partial charge in [-0.3, -0.25) is 4.79 Å². The molecule has 4 nitrogen and oxygen atoms in total. The van der Waals surface area contributed by atoms with Gasteiger partial charge < -0.3 is 15.2 Å². The molecule has 1 aliphatic carbocycles. The highest BCUT2D eigenvalue weighted by molar-refractivity contribution is 5.76. The number of carbonyl (C=O) groups excluding carboxylic acids is 1. The highest BCUT2D eigenvalue weighted by atomic mass is 16.2. The van der Waals surface area contributed by atoms with E-state index in [1.54, 1.807) is 0 Å². The summed E-state index contributed by atoms with van der Waals surface area (Å²) < 4.78 is 2.03. The van der Waals surface area contributed by atoms with Gasteiger partial charge in [-0.2, -0.15) is 0 Å². The minimum absolute atomic E-state index is 0.137. The number of aromatic nitrogens is 1. The zero-order valence-electron chi connectivity index (χ0n) is 12.7. The molecule has 0 radical (unpaired) electrons. The van der Waals surface area contributed by atoms with Gasteiger partial charge >= 0.3 is 0 Å². The molecule has 1 aliphatic rings. The molecule has 20 heavy (non-hydrogen) atoms. The van der Waals surface area contributed by atoms with Crippen LogP contribution in [0.2, 0.25) is 0 Å². The van der Waals surface area contributed by atoms with Gasteiger partial charge in [-0.1, -0.05) is 25.7 Å². The summed E-state index contributed by atoms with van der Waals surface area (Å²) in [4.78, 5) is 12.2. The van der Waals surface area contributed by atoms with E-state index in [4.69, 9.17) is 0 Å². The van der Waals surface area contributed by atoms with Crippen LogP contribution in [0.15, 0.2) is 18.3 Å². The molecule has 2 rings (SSSR count). The summed E-state index contributed by atoms with van der Waals surface area (Å²) in [5, 5.41) is 6.42. The number of amides is 1. The van der Waals surface area contributed by atoms with E-state index in [0.717, 1.165) is 18.5 Å². The Morgan fingerprint density at radius 1 is 1.35 bits per heavy atom. The molecule has 1 aromatic heterocycles. The molecular weight excluding hydrogens is 250 g/mol. The largest absolute Gasteiger partial charge is 0.352 e. The normalized spacial score (nSPS) is 18.5. The predicted molar refractivity (Wildman–Crippen MR) is 81.5 cm³/mol. The molecule has 0 saturated heterocycles. The van der Waals surface area contributed by atoms with Crippen LogP contribution >= 0.6 is 0 Å². The summed E-state index contributed by atoms with van der Waals surface area (Å²) >= 11 is 0. The maximum Gasteiger partial charge on any atom is 0.240 e. The summed E-state index contributed by atoms with van der Waals surface area (Å²) in [5.41, 5.74) is 1.16. The zero-order valence-corrected chi connectivity index (χ0v) is 12.7. The molecule has 112 valence electrons. The van der Waals surface area contributed by atoms with Crippen LogP contribution in [0.4, 0.5) is 0 Å². The van der Waals surface area contributed by atoms with Gasteiger partial charge in [-0.25, -0.2) is 0 Å². The summed E-state index contributed by atoms with van der Waals surface area (Å²) in [5.74, 6) is 0.137. The average molecular weight is 277 g/mol. The van der Waals surface area contributed by atoms with Crippen LogP contribution in [-0.4, -0.2) is 23.6 Å². The van der Waals surface area contributed by atoms with Crippen LogP contribution in [0.5, 0.6) is 0 Å². The Bertz CT molecular complexity index is 419. The molecule has 0 aliphatic heterocycles. The van der Waals surface area contributed by atoms with Crippen molar-refractivity contribution in [1.29, 1.82) is 0 Å². The molecular formula is C16H27N3O. The number of rotatable bonds is 5. The van der Waals surface area contributed by atoms with Crippen molar-refractivity contribution >= 4 is 5.91 Å². The number of nitrogens with one attached hydrogen (secondary N) is 2. The van der Waals surface area contributed by atoms with Gasteiger partial charge in [0, 0.05) is 24.0 Å². The Kier molecular flexibility index (Phi) is 5.65. The topological polar surface area (TPSA) is 46.1 Å². The van der Waals surface area contributed by atoms with E-state index >= 15 is 0 Å². The minimum atomic E-state index is 0.137. The van der Waals surface area contributed by atoms with Gasteiger partial charge in [0.25, 0.3) is 0 Å². The van der Waals surface area contributed by atoms with Crippen molar-refractivity contribution in [2.24, 2.45) is 0 Å². The van der Waals surface area contributed by atoms with Gasteiger partial charge in [0.2, 0.25) is 5.91 Å². The minimum Gasteiger partial charge on any atom is -0.352 e. The van der Waals surface area contributed by atoms with E-state index in [1.807, 2.05) is 23.9 Å². The number of hydrogen-bond acceptors (Lipinski definition) is 2. The third-order valence-corrected chi connectivity index (χ3v) is 4.28. The first-order valence-electron chi connectivity index (χ1n) is 7.82. The average Bonchev–Trinajstić information content (AvgIpc) is 2.73. The molecule has 1 heterocycles. The lowest BCUT2D eigenvalue weighted by Gasteiger charge is -2.18. The van der Waals surface area contributed by atoms with Crippen LogP contribution in [0.1, 0.15) is 57.2 Å². The molecule has 1 aromatic rings. The molecule has 1 amide bonds. The van der Waals surface area contributed by atoms with E-state index in [-0.39, 0.29) is 11.9 Å². The molecule has 0 spiro atoms. The maximum atomic E-state index is 12.2. The van der Waals surface area contributed by atoms with Gasteiger partial charge in [0.05, 0.1) is 0 Å². The molecule has 1 atom stereocenters. The van der Waals surface area contributed by atoms with Crippen molar-refractivity contribution in [3.05, 3.63) is 24.0 Å². The van der Waals surface area contributed by atoms with E-state index in [2.05, 4.69) is 23.6 Å². The lowest BCUT2D eigenvalue weighted by atomic mass is 10.1. The molecule has 4 heteroatoms. The van der Waals surface area contributed by atoms with E-state index in [9.17, 15) is 4.79 Å². The zero-order chi connectivity index (χ0) is 14.4. The van der Waals surface area contributed by atoms with Gasteiger partial charge in [0.15, 0.2) is 0 Å². The lowest BCUT2D eigenvalue weighted by molar-refractivity contribution is -0.122. The maximum absolute atomic E-state index is 12.2. The summed E-state index contributed by atoms with van der Waals surface area (Å²) in [7, 11) is 1.94. The fraction of sp³-hybridized carbons (Fsp3) is 0.688. The second-order valence-electron chi connectivity index (χ2n) is 5.83. The number of nitrogens with zero attached hydrogens (tertiary/aromatic N) is 1. The second kappa shape index (κ2) is 7.48. The Hall–Kier alpha value is -1.29. The van der Waals surface area contributed by atoms with Crippen LogP contribution < -0.4 is 10.6 Å². The van der Waals surface area contributed by atoms with Gasteiger partial charge in [-0.05, 0) is 38.9 Å². The molecule has 1 saturated carbocycles. The third kappa shape index (κ3) is 4.10. The van der Waals surface area contributed by atoms with Crippen molar-refractivity contribution in [3.63, 3.8) is 0 Å². The first-order valence-corrected chi connectivity index (χ1v) is 7.82. The second-order valence-corrected chi connectivity index (χ2v) is 5.83. The molecule has 1 unspecified atom stereocenters. The third-order valence-electron chi connectivity index (χ3n) is 4.28. The fourth-order valence-electron chi connectivity index (χ4n) is 2.96. The van der Waals surface area contributed by atoms with Gasteiger partial charge in [0.1, 0.15) is 6.54 Å². The van der Waals surface area contributed by atoms with Gasteiger partial charge in [-0.15, -0.1) is 0 Å². The van der Waals surface area contributed by atoms with Crippen molar-refractivity contribution in [1.82, 2.24) is 15.2 Å².